The van der Waals surface area contributed by atoms with Gasteiger partial charge in [-0.15, -0.1) is 11.3 Å². The van der Waals surface area contributed by atoms with Crippen LogP contribution in [0.25, 0.3) is 0 Å². The maximum absolute atomic E-state index is 11.8. The largest absolute Gasteiger partial charge is 0.376 e. The molecule has 0 unspecified atom stereocenters. The second-order valence-electron chi connectivity index (χ2n) is 4.20. The molecule has 0 bridgehead atoms. The van der Waals surface area contributed by atoms with Crippen molar-refractivity contribution in [1.82, 2.24) is 5.32 Å². The van der Waals surface area contributed by atoms with Gasteiger partial charge >= 0.3 is 6.03 Å². The molecule has 2 atom stereocenters. The Hall–Kier alpha value is -1.07. The summed E-state index contributed by atoms with van der Waals surface area (Å²) in [6.45, 7) is 4.81. The Balaban J connectivity index is 1.87. The van der Waals surface area contributed by atoms with Gasteiger partial charge in [-0.05, 0) is 31.2 Å². The average molecular weight is 254 g/mol. The molecule has 94 valence electrons. The number of anilines is 1. The molecule has 4 nitrogen and oxygen atoms in total. The minimum Gasteiger partial charge on any atom is -0.376 e. The normalized spacial score (nSPS) is 23.6. The number of hydrogen-bond acceptors (Lipinski definition) is 3. The van der Waals surface area contributed by atoms with E-state index in [4.69, 9.17) is 4.74 Å². The lowest BCUT2D eigenvalue weighted by Crippen LogP contribution is -2.42. The number of thiophene rings is 1. The van der Waals surface area contributed by atoms with E-state index in [9.17, 15) is 4.79 Å². The number of amides is 2. The zero-order valence-corrected chi connectivity index (χ0v) is 11.0. The van der Waals surface area contributed by atoms with Crippen molar-refractivity contribution in [3.63, 3.8) is 0 Å². The predicted molar refractivity (Wildman–Crippen MR) is 69.6 cm³/mol. The Morgan fingerprint density at radius 2 is 2.47 bits per heavy atom. The first-order valence-corrected chi connectivity index (χ1v) is 6.82. The molecule has 2 rings (SSSR count). The van der Waals surface area contributed by atoms with Gasteiger partial charge in [-0.3, -0.25) is 0 Å². The smallest absolute Gasteiger partial charge is 0.319 e. The Labute approximate surface area is 105 Å². The third-order valence-corrected chi connectivity index (χ3v) is 3.88. The first-order valence-electron chi connectivity index (χ1n) is 5.94. The molecule has 17 heavy (non-hydrogen) atoms. The van der Waals surface area contributed by atoms with Crippen LogP contribution in [0.5, 0.6) is 0 Å². The summed E-state index contributed by atoms with van der Waals surface area (Å²) in [4.78, 5) is 12.9. The molecule has 0 aromatic carbocycles. The van der Waals surface area contributed by atoms with Gasteiger partial charge in [0, 0.05) is 11.5 Å². The Kier molecular flexibility index (Phi) is 4.02. The number of nitrogens with one attached hydrogen (secondary N) is 2. The Morgan fingerprint density at radius 3 is 3.12 bits per heavy atom. The van der Waals surface area contributed by atoms with E-state index in [0.717, 1.165) is 30.0 Å². The summed E-state index contributed by atoms with van der Waals surface area (Å²) in [5.74, 6) is 0. The number of urea groups is 1. The monoisotopic (exact) mass is 254 g/mol. The Bertz CT molecular complexity index is 392. The number of hydrogen-bond donors (Lipinski definition) is 2. The fourth-order valence-corrected chi connectivity index (χ4v) is 2.71. The first-order chi connectivity index (χ1) is 8.20. The molecular weight excluding hydrogens is 236 g/mol. The first kappa shape index (κ1) is 12.4. The summed E-state index contributed by atoms with van der Waals surface area (Å²) in [5.41, 5.74) is 0.888. The van der Waals surface area contributed by atoms with Crippen molar-refractivity contribution in [2.75, 3.05) is 11.9 Å². The highest BCUT2D eigenvalue weighted by Gasteiger charge is 2.27. The lowest BCUT2D eigenvalue weighted by atomic mass is 10.1. The van der Waals surface area contributed by atoms with E-state index in [1.807, 2.05) is 18.4 Å². The molecule has 0 spiro atoms. The third-order valence-electron chi connectivity index (χ3n) is 3.04. The zero-order chi connectivity index (χ0) is 12.3. The highest BCUT2D eigenvalue weighted by atomic mass is 32.1. The molecule has 0 aliphatic carbocycles. The summed E-state index contributed by atoms with van der Waals surface area (Å²) in [7, 11) is 0. The highest BCUT2D eigenvalue weighted by molar-refractivity contribution is 7.10. The van der Waals surface area contributed by atoms with E-state index in [1.165, 1.54) is 0 Å². The number of ether oxygens (including phenoxy) is 1. The molecule has 2 amide bonds. The second kappa shape index (κ2) is 5.51. The number of carbonyl (C=O) groups is 1. The standard InChI is InChI=1S/C12H18N2O2S/c1-3-11-10(4-6-16-11)14-12(15)13-9-5-7-17-8(9)2/h5,7,10-11H,3-4,6H2,1-2H3,(H2,13,14,15)/t10-,11+/m1/s1. The molecule has 2 N–H and O–H groups in total. The Morgan fingerprint density at radius 1 is 1.65 bits per heavy atom. The van der Waals surface area contributed by atoms with Gasteiger partial charge < -0.3 is 15.4 Å². The van der Waals surface area contributed by atoms with Crippen molar-refractivity contribution in [2.45, 2.75) is 38.8 Å². The minimum atomic E-state index is -0.138. The van der Waals surface area contributed by atoms with Crippen LogP contribution in [0.4, 0.5) is 10.5 Å². The van der Waals surface area contributed by atoms with Gasteiger partial charge in [-0.2, -0.15) is 0 Å². The maximum atomic E-state index is 11.8. The molecule has 1 aliphatic heterocycles. The van der Waals surface area contributed by atoms with Crippen LogP contribution in [0.3, 0.4) is 0 Å². The van der Waals surface area contributed by atoms with E-state index >= 15 is 0 Å². The van der Waals surface area contributed by atoms with Gasteiger partial charge in [0.25, 0.3) is 0 Å². The van der Waals surface area contributed by atoms with E-state index in [1.54, 1.807) is 11.3 Å². The molecule has 0 saturated carbocycles. The number of rotatable bonds is 3. The molecule has 1 aliphatic rings. The summed E-state index contributed by atoms with van der Waals surface area (Å²) < 4.78 is 5.53. The molecular formula is C12H18N2O2S. The molecule has 5 heteroatoms. The van der Waals surface area contributed by atoms with Crippen molar-refractivity contribution in [3.05, 3.63) is 16.3 Å². The van der Waals surface area contributed by atoms with Crippen LogP contribution in [-0.2, 0) is 4.74 Å². The van der Waals surface area contributed by atoms with Crippen LogP contribution in [0.15, 0.2) is 11.4 Å². The quantitative estimate of drug-likeness (QED) is 0.871. The van der Waals surface area contributed by atoms with Gasteiger partial charge in [-0.25, -0.2) is 4.79 Å². The van der Waals surface area contributed by atoms with E-state index in [2.05, 4.69) is 17.6 Å². The minimum absolute atomic E-state index is 0.138. The van der Waals surface area contributed by atoms with Gasteiger partial charge in [0.15, 0.2) is 0 Å². The van der Waals surface area contributed by atoms with Crippen molar-refractivity contribution < 1.29 is 9.53 Å². The van der Waals surface area contributed by atoms with Crippen molar-refractivity contribution in [1.29, 1.82) is 0 Å². The highest BCUT2D eigenvalue weighted by Crippen LogP contribution is 2.21. The summed E-state index contributed by atoms with van der Waals surface area (Å²) in [6.07, 6.45) is 1.99. The fourth-order valence-electron chi connectivity index (χ4n) is 2.06. The zero-order valence-electron chi connectivity index (χ0n) is 10.2. The average Bonchev–Trinajstić information content (AvgIpc) is 2.89. The summed E-state index contributed by atoms with van der Waals surface area (Å²) in [5, 5.41) is 7.81. The van der Waals surface area contributed by atoms with Crippen LogP contribution in [-0.4, -0.2) is 24.8 Å². The lowest BCUT2D eigenvalue weighted by molar-refractivity contribution is 0.0970. The number of carbonyl (C=O) groups excluding carboxylic acids is 1. The van der Waals surface area contributed by atoms with Gasteiger partial charge in [0.05, 0.1) is 17.8 Å². The molecule has 2 heterocycles. The van der Waals surface area contributed by atoms with Crippen LogP contribution in [0, 0.1) is 6.92 Å². The molecule has 1 aromatic rings. The van der Waals surface area contributed by atoms with Crippen molar-refractivity contribution in [2.24, 2.45) is 0 Å². The molecule has 1 fully saturated rings. The third kappa shape index (κ3) is 2.98. The van der Waals surface area contributed by atoms with Crippen molar-refractivity contribution in [3.8, 4) is 0 Å². The summed E-state index contributed by atoms with van der Waals surface area (Å²) >= 11 is 1.63. The molecule has 1 saturated heterocycles. The lowest BCUT2D eigenvalue weighted by Gasteiger charge is -2.18. The van der Waals surface area contributed by atoms with Crippen LogP contribution in [0.2, 0.25) is 0 Å². The second-order valence-corrected chi connectivity index (χ2v) is 5.32. The van der Waals surface area contributed by atoms with E-state index in [-0.39, 0.29) is 18.2 Å². The number of aryl methyl sites for hydroxylation is 1. The summed E-state index contributed by atoms with van der Waals surface area (Å²) in [6, 6.07) is 1.92. The maximum Gasteiger partial charge on any atom is 0.319 e. The van der Waals surface area contributed by atoms with Crippen LogP contribution >= 0.6 is 11.3 Å². The topological polar surface area (TPSA) is 50.4 Å². The van der Waals surface area contributed by atoms with Crippen molar-refractivity contribution >= 4 is 23.1 Å². The molecule has 0 radical (unpaired) electrons. The van der Waals surface area contributed by atoms with Crippen LogP contribution in [0.1, 0.15) is 24.6 Å². The van der Waals surface area contributed by atoms with Crippen LogP contribution < -0.4 is 10.6 Å². The van der Waals surface area contributed by atoms with E-state index in [0.29, 0.717) is 0 Å². The SMILES string of the molecule is CC[C@@H]1OCC[C@H]1NC(=O)Nc1ccsc1C. The molecule has 1 aromatic heterocycles. The van der Waals surface area contributed by atoms with E-state index < -0.39 is 0 Å². The van der Waals surface area contributed by atoms with Gasteiger partial charge in [-0.1, -0.05) is 6.92 Å². The predicted octanol–water partition coefficient (Wildman–Crippen LogP) is 2.75. The fraction of sp³-hybridized carbons (Fsp3) is 0.583. The van der Waals surface area contributed by atoms with Gasteiger partial charge in [0.1, 0.15) is 0 Å². The van der Waals surface area contributed by atoms with Gasteiger partial charge in [0.2, 0.25) is 0 Å².